The maximum atomic E-state index is 13.6. The smallest absolute Gasteiger partial charge is 0.223 e. The predicted octanol–water partition coefficient (Wildman–Crippen LogP) is 13.8. The standard InChI is InChI=1S/C31H45N3O4.C30H41N3O2.C27H37ClN4O2/c1-23-8-7-9-25(20-23)22-31(33(2)3)17-14-26(15-18-31)32-29(35)12-13-30(36)34(4)19-16-24-10-11-27(37-5)28(21-24)38-6;1-22-8-6-9-23(20-22)21-30(32(2)3)18-16-25(17-19-30)33(29(35)15-14-28(31)34)27-13-7-11-24-10-4-5-12-26(24)27;1-4-32(20-22-13-17-29-18-14-22)26(34)10-9-25(33)30-24-11-15-27(16-12-24,31(2)3)19-21-5-7-23(28)8-6-21/h7-11,20-21,26H,12-19,22H2,1-6H3,(H,32,35);4-6,8-10,12,20,25,27H,7,11,13-19,21H2,1-3H3,(H2,31,34);5-8,13-14,17-18,24H,4,9-12,15-16,19-20H2,1-3H3,(H,30,33). The quantitative estimate of drug-likeness (QED) is 0.0386. The van der Waals surface area contributed by atoms with Gasteiger partial charge in [-0.15, -0.1) is 0 Å². The van der Waals surface area contributed by atoms with Gasteiger partial charge in [0.15, 0.2) is 11.5 Å². The van der Waals surface area contributed by atoms with E-state index in [1.54, 1.807) is 43.5 Å². The minimum atomic E-state index is -0.407. The van der Waals surface area contributed by atoms with Crippen molar-refractivity contribution in [1.29, 1.82) is 0 Å². The molecule has 18 nitrogen and oxygen atoms in total. The van der Waals surface area contributed by atoms with Gasteiger partial charge in [0.25, 0.3) is 0 Å². The number of methoxy groups -OCH3 is 2. The largest absolute Gasteiger partial charge is 0.493 e. The van der Waals surface area contributed by atoms with Gasteiger partial charge < -0.3 is 55.2 Å². The van der Waals surface area contributed by atoms with E-state index < -0.39 is 5.91 Å². The van der Waals surface area contributed by atoms with E-state index in [9.17, 15) is 28.8 Å². The topological polar surface area (TPSA) is 203 Å². The van der Waals surface area contributed by atoms with Crippen LogP contribution in [0.5, 0.6) is 11.5 Å². The Labute approximate surface area is 644 Å². The fourth-order valence-electron chi connectivity index (χ4n) is 16.7. The van der Waals surface area contributed by atoms with Crippen LogP contribution in [0.2, 0.25) is 5.02 Å². The van der Waals surface area contributed by atoms with Crippen LogP contribution in [-0.2, 0) is 67.4 Å². The highest BCUT2D eigenvalue weighted by Gasteiger charge is 2.44. The molecule has 1 heterocycles. The zero-order valence-electron chi connectivity index (χ0n) is 66.2. The number of halogens is 1. The van der Waals surface area contributed by atoms with Gasteiger partial charge in [0.05, 0.1) is 20.3 Å². The Morgan fingerprint density at radius 1 is 0.523 bits per heavy atom. The van der Waals surface area contributed by atoms with E-state index in [1.165, 1.54) is 38.9 Å². The molecule has 3 saturated carbocycles. The predicted molar refractivity (Wildman–Crippen MR) is 429 cm³/mol. The van der Waals surface area contributed by atoms with Crippen LogP contribution in [0.4, 0.5) is 0 Å². The summed E-state index contributed by atoms with van der Waals surface area (Å²) in [5.74, 6) is 0.949. The van der Waals surface area contributed by atoms with E-state index in [1.807, 2.05) is 49.4 Å². The monoisotopic (exact) mass is 1480 g/mol. The molecule has 5 aromatic carbocycles. The molecule has 580 valence electrons. The molecular weight excluding hydrogens is 1360 g/mol. The zero-order chi connectivity index (χ0) is 77.3. The lowest BCUT2D eigenvalue weighted by molar-refractivity contribution is -0.140. The number of primary amides is 1. The third-order valence-electron chi connectivity index (χ3n) is 23.5. The number of nitrogens with two attached hydrogens (primary N) is 1. The summed E-state index contributed by atoms with van der Waals surface area (Å²) in [6.45, 7) is 7.99. The first-order valence-corrected chi connectivity index (χ1v) is 39.4. The number of benzene rings is 5. The van der Waals surface area contributed by atoms with Crippen molar-refractivity contribution in [2.24, 2.45) is 5.73 Å². The zero-order valence-corrected chi connectivity index (χ0v) is 67.0. The number of rotatable bonds is 30. The second-order valence-corrected chi connectivity index (χ2v) is 31.7. The van der Waals surface area contributed by atoms with Crippen molar-refractivity contribution >= 4 is 47.0 Å². The number of hydrogen-bond acceptors (Lipinski definition) is 12. The third-order valence-corrected chi connectivity index (χ3v) is 23.8. The molecule has 6 amide bonds. The number of ether oxygens (including phenoxy) is 2. The van der Waals surface area contributed by atoms with Gasteiger partial charge in [0.1, 0.15) is 0 Å². The Hall–Kier alpha value is -8.16. The molecule has 0 spiro atoms. The Morgan fingerprint density at radius 3 is 1.52 bits per heavy atom. The Kier molecular flexibility index (Phi) is 32.3. The van der Waals surface area contributed by atoms with Gasteiger partial charge in [0.2, 0.25) is 35.4 Å². The minimum absolute atomic E-state index is 0.00713. The number of carbonyl (C=O) groups excluding carboxylic acids is 6. The number of hydrogen-bond donors (Lipinski definition) is 3. The summed E-state index contributed by atoms with van der Waals surface area (Å²) in [5, 5.41) is 7.12. The molecule has 3 fully saturated rings. The number of nitrogens with one attached hydrogen (secondary N) is 2. The first-order valence-electron chi connectivity index (χ1n) is 39.0. The molecular formula is C88H123ClN10O8. The Morgan fingerprint density at radius 2 is 1.02 bits per heavy atom. The highest BCUT2D eigenvalue weighted by Crippen LogP contribution is 2.44. The van der Waals surface area contributed by atoms with Crippen LogP contribution >= 0.6 is 11.6 Å². The second kappa shape index (κ2) is 40.9. The lowest BCUT2D eigenvalue weighted by Crippen LogP contribution is -2.53. The van der Waals surface area contributed by atoms with Gasteiger partial charge >= 0.3 is 0 Å². The summed E-state index contributed by atoms with van der Waals surface area (Å²) in [4.78, 5) is 92.4. The molecule has 0 aliphatic heterocycles. The first-order chi connectivity index (χ1) is 51.2. The molecule has 1 unspecified atom stereocenters. The van der Waals surface area contributed by atoms with Crippen molar-refractivity contribution in [3.05, 3.63) is 195 Å². The summed E-state index contributed by atoms with van der Waals surface area (Å²) >= 11 is 6.05. The van der Waals surface area contributed by atoms with E-state index in [-0.39, 0.29) is 109 Å². The van der Waals surface area contributed by atoms with Crippen molar-refractivity contribution in [3.63, 3.8) is 0 Å². The average molecular weight is 1480 g/mol. The number of carbonyl (C=O) groups is 6. The number of amides is 6. The molecule has 19 heteroatoms. The molecule has 1 atom stereocenters. The number of fused-ring (bicyclic) bond motifs is 1. The van der Waals surface area contributed by atoms with Crippen molar-refractivity contribution in [2.75, 3.05) is 76.6 Å². The summed E-state index contributed by atoms with van der Waals surface area (Å²) in [6.07, 6.45) is 23.5. The highest BCUT2D eigenvalue weighted by atomic mass is 35.5. The van der Waals surface area contributed by atoms with Gasteiger partial charge in [-0.2, -0.15) is 0 Å². The van der Waals surface area contributed by atoms with Crippen LogP contribution in [0, 0.1) is 13.8 Å². The lowest BCUT2D eigenvalue weighted by atomic mass is 9.73. The molecule has 1 aromatic heterocycles. The molecule has 4 aliphatic carbocycles. The summed E-state index contributed by atoms with van der Waals surface area (Å²) in [5.41, 5.74) is 17.1. The SMILES string of the molecule is CCN(Cc1ccncc1)C(=O)CCC(=O)NC1CCC(Cc2ccc(Cl)cc2)(N(C)C)CC1.COc1ccc(CCN(C)C(=O)CCC(=O)NC2CCC(Cc3cccc(C)c3)(N(C)C)CC2)cc1OC.Cc1cccc(CC2(N(C)C)CCC(N(C(=O)CCC(N)=O)C3CCCc4ccccc43)CC2)c1. The lowest BCUT2D eigenvalue weighted by Gasteiger charge is -2.49. The van der Waals surface area contributed by atoms with Crippen molar-refractivity contribution < 1.29 is 38.2 Å². The van der Waals surface area contributed by atoms with Crippen LogP contribution in [0.15, 0.2) is 140 Å². The van der Waals surface area contributed by atoms with Gasteiger partial charge in [-0.1, -0.05) is 114 Å². The van der Waals surface area contributed by atoms with E-state index in [4.69, 9.17) is 26.8 Å². The summed E-state index contributed by atoms with van der Waals surface area (Å²) in [7, 11) is 18.0. The van der Waals surface area contributed by atoms with Crippen LogP contribution in [0.1, 0.15) is 191 Å². The molecule has 107 heavy (non-hydrogen) atoms. The van der Waals surface area contributed by atoms with Crippen molar-refractivity contribution in [1.82, 2.24) is 45.0 Å². The molecule has 4 N–H and O–H groups in total. The molecule has 6 aromatic rings. The minimum Gasteiger partial charge on any atom is -0.493 e. The maximum absolute atomic E-state index is 13.6. The third kappa shape index (κ3) is 24.7. The fraction of sp³-hybridized carbons (Fsp3) is 0.534. The first kappa shape index (κ1) is 84.5. The maximum Gasteiger partial charge on any atom is 0.223 e. The van der Waals surface area contributed by atoms with Crippen molar-refractivity contribution in [3.8, 4) is 11.5 Å². The van der Waals surface area contributed by atoms with E-state index in [2.05, 4.69) is 176 Å². The molecule has 10 rings (SSSR count). The summed E-state index contributed by atoms with van der Waals surface area (Å²) < 4.78 is 10.6. The van der Waals surface area contributed by atoms with Gasteiger partial charge in [0, 0.05) is 117 Å². The molecule has 0 radical (unpaired) electrons. The molecule has 0 bridgehead atoms. The summed E-state index contributed by atoms with van der Waals surface area (Å²) in [6, 6.07) is 44.5. The van der Waals surface area contributed by atoms with E-state index in [0.717, 1.165) is 132 Å². The normalized spacial score (nSPS) is 21.1. The van der Waals surface area contributed by atoms with Gasteiger partial charge in [-0.05, 0) is 260 Å². The average Bonchev–Trinajstić information content (AvgIpc) is 0.778. The number of likely N-dealkylation sites (N-methyl/N-ethyl adjacent to an activating group) is 4. The Bertz CT molecular complexity index is 3820. The molecule has 0 saturated heterocycles. The fourth-order valence-corrected chi connectivity index (χ4v) is 16.8. The van der Waals surface area contributed by atoms with Gasteiger partial charge in [-0.3, -0.25) is 33.8 Å². The van der Waals surface area contributed by atoms with Crippen LogP contribution in [-0.4, -0.2) is 181 Å². The Balaban J connectivity index is 0.000000203. The highest BCUT2D eigenvalue weighted by molar-refractivity contribution is 6.30. The van der Waals surface area contributed by atoms with Gasteiger partial charge in [-0.25, -0.2) is 0 Å². The van der Waals surface area contributed by atoms with Crippen LogP contribution < -0.4 is 25.8 Å². The number of pyridine rings is 1. The second-order valence-electron chi connectivity index (χ2n) is 31.3. The van der Waals surface area contributed by atoms with E-state index >= 15 is 0 Å². The molecule has 4 aliphatic rings. The van der Waals surface area contributed by atoms with Crippen LogP contribution in [0.25, 0.3) is 0 Å². The number of aromatic nitrogens is 1. The van der Waals surface area contributed by atoms with Crippen LogP contribution in [0.3, 0.4) is 0 Å². The van der Waals surface area contributed by atoms with Crippen molar-refractivity contribution in [2.45, 2.75) is 229 Å². The number of aryl methyl sites for hydroxylation is 3. The van der Waals surface area contributed by atoms with E-state index in [0.29, 0.717) is 37.6 Å². The number of nitrogens with zero attached hydrogens (tertiary/aromatic N) is 7.